The summed E-state index contributed by atoms with van der Waals surface area (Å²) >= 11 is 0. The third kappa shape index (κ3) is 4.93. The molecule has 0 aliphatic carbocycles. The van der Waals surface area contributed by atoms with Crippen LogP contribution in [0.1, 0.15) is 23.5 Å². The van der Waals surface area contributed by atoms with Crippen molar-refractivity contribution in [3.05, 3.63) is 53.6 Å². The second kappa shape index (κ2) is 8.63. The number of hydrogen-bond donors (Lipinski definition) is 0. The van der Waals surface area contributed by atoms with Gasteiger partial charge in [0.25, 0.3) is 0 Å². The molecular formula is C21H22F3NO4. The highest BCUT2D eigenvalue weighted by molar-refractivity contribution is 5.82. The molecule has 0 spiro atoms. The fraction of sp³-hybridized carbons (Fsp3) is 0.381. The number of carbonyl (C=O) groups excluding carboxylic acids is 1. The number of nitrogens with zero attached hydrogens (tertiary/aromatic N) is 1. The smallest absolute Gasteiger partial charge is 0.422 e. The maximum Gasteiger partial charge on any atom is 0.422 e. The van der Waals surface area contributed by atoms with Gasteiger partial charge in [0.1, 0.15) is 0 Å². The van der Waals surface area contributed by atoms with Crippen LogP contribution in [0.4, 0.5) is 18.9 Å². The Morgan fingerprint density at radius 1 is 1.14 bits per heavy atom. The van der Waals surface area contributed by atoms with Crippen molar-refractivity contribution in [2.45, 2.75) is 25.1 Å². The van der Waals surface area contributed by atoms with Crippen LogP contribution in [0.2, 0.25) is 0 Å². The van der Waals surface area contributed by atoms with Gasteiger partial charge >= 0.3 is 12.1 Å². The van der Waals surface area contributed by atoms with Gasteiger partial charge in [0.05, 0.1) is 20.1 Å². The Hall–Kier alpha value is -2.90. The minimum absolute atomic E-state index is 0.0402. The second-order valence-electron chi connectivity index (χ2n) is 6.73. The third-order valence-electron chi connectivity index (χ3n) is 4.82. The van der Waals surface area contributed by atoms with Gasteiger partial charge in [0.15, 0.2) is 18.1 Å². The van der Waals surface area contributed by atoms with Crippen LogP contribution < -0.4 is 14.4 Å². The Labute approximate surface area is 167 Å². The van der Waals surface area contributed by atoms with Crippen LogP contribution in [-0.4, -0.2) is 39.5 Å². The summed E-state index contributed by atoms with van der Waals surface area (Å²) in [5, 5.41) is 0. The number of carbonyl (C=O) groups is 1. The van der Waals surface area contributed by atoms with Crippen molar-refractivity contribution >= 4 is 11.7 Å². The normalized spacial score (nSPS) is 16.2. The largest absolute Gasteiger partial charge is 0.493 e. The van der Waals surface area contributed by atoms with Gasteiger partial charge < -0.3 is 19.1 Å². The van der Waals surface area contributed by atoms with E-state index in [-0.39, 0.29) is 23.4 Å². The Morgan fingerprint density at radius 2 is 1.90 bits per heavy atom. The number of esters is 1. The molecule has 2 aromatic carbocycles. The molecule has 0 N–H and O–H groups in total. The molecule has 0 fully saturated rings. The second-order valence-corrected chi connectivity index (χ2v) is 6.73. The lowest BCUT2D eigenvalue weighted by Gasteiger charge is -2.34. The number of fused-ring (bicyclic) bond motifs is 1. The number of halogens is 3. The van der Waals surface area contributed by atoms with Crippen molar-refractivity contribution in [3.63, 3.8) is 0 Å². The highest BCUT2D eigenvalue weighted by Crippen LogP contribution is 2.37. The molecule has 0 bridgehead atoms. The van der Waals surface area contributed by atoms with E-state index in [1.165, 1.54) is 20.3 Å². The Morgan fingerprint density at radius 3 is 2.59 bits per heavy atom. The zero-order valence-corrected chi connectivity index (χ0v) is 16.2. The van der Waals surface area contributed by atoms with Gasteiger partial charge in [-0.2, -0.15) is 13.2 Å². The molecule has 0 saturated heterocycles. The zero-order chi connectivity index (χ0) is 21.0. The van der Waals surface area contributed by atoms with Gasteiger partial charge in [-0.05, 0) is 35.7 Å². The Kier molecular flexibility index (Phi) is 6.20. The van der Waals surface area contributed by atoms with Crippen molar-refractivity contribution in [3.8, 4) is 11.5 Å². The predicted octanol–water partition coefficient (Wildman–Crippen LogP) is 4.30. The number of ether oxygens (including phenoxy) is 3. The Bertz CT molecular complexity index is 869. The summed E-state index contributed by atoms with van der Waals surface area (Å²) in [4.78, 5) is 14.2. The van der Waals surface area contributed by atoms with Crippen LogP contribution in [0, 0.1) is 0 Å². The van der Waals surface area contributed by atoms with Crippen molar-refractivity contribution < 1.29 is 32.2 Å². The first-order valence-electron chi connectivity index (χ1n) is 9.10. The monoisotopic (exact) mass is 409 g/mol. The molecule has 1 aliphatic rings. The standard InChI is InChI=1S/C21H22F3NO4/c1-27-19-11-14(7-8-18(19)29-13-21(22,23)24)12-25-10-9-16(20(26)28-2)15-5-3-4-6-17(15)25/h3-8,11,16H,9-10,12-13H2,1-2H3. The number of methoxy groups -OCH3 is 2. The van der Waals surface area contributed by atoms with E-state index in [1.807, 2.05) is 24.3 Å². The summed E-state index contributed by atoms with van der Waals surface area (Å²) in [5.41, 5.74) is 2.70. The fourth-order valence-corrected chi connectivity index (χ4v) is 3.49. The molecule has 0 radical (unpaired) electrons. The lowest BCUT2D eigenvalue weighted by Crippen LogP contribution is -2.33. The molecule has 1 heterocycles. The minimum Gasteiger partial charge on any atom is -0.493 e. The summed E-state index contributed by atoms with van der Waals surface area (Å²) in [7, 11) is 2.77. The van der Waals surface area contributed by atoms with Gasteiger partial charge in [-0.1, -0.05) is 24.3 Å². The zero-order valence-electron chi connectivity index (χ0n) is 16.2. The van der Waals surface area contributed by atoms with Crippen molar-refractivity contribution in [2.24, 2.45) is 0 Å². The molecule has 2 aromatic rings. The van der Waals surface area contributed by atoms with Crippen LogP contribution in [0.25, 0.3) is 0 Å². The van der Waals surface area contributed by atoms with E-state index in [4.69, 9.17) is 14.2 Å². The summed E-state index contributed by atoms with van der Waals surface area (Å²) in [5.74, 6) is -0.284. The summed E-state index contributed by atoms with van der Waals surface area (Å²) < 4.78 is 52.2. The molecule has 1 unspecified atom stereocenters. The van der Waals surface area contributed by atoms with Crippen molar-refractivity contribution in [1.29, 1.82) is 0 Å². The SMILES string of the molecule is COC(=O)C1CCN(Cc2ccc(OCC(F)(F)F)c(OC)c2)c2ccccc21. The summed E-state index contributed by atoms with van der Waals surface area (Å²) in [6.45, 7) is -0.219. The predicted molar refractivity (Wildman–Crippen MR) is 101 cm³/mol. The molecule has 156 valence electrons. The molecule has 0 amide bonds. The topological polar surface area (TPSA) is 48.0 Å². The molecule has 0 aromatic heterocycles. The third-order valence-corrected chi connectivity index (χ3v) is 4.82. The number of hydrogen-bond acceptors (Lipinski definition) is 5. The molecule has 3 rings (SSSR count). The van der Waals surface area contributed by atoms with Gasteiger partial charge in [-0.25, -0.2) is 0 Å². The van der Waals surface area contributed by atoms with Gasteiger partial charge in [0, 0.05) is 18.8 Å². The first-order chi connectivity index (χ1) is 13.8. The van der Waals surface area contributed by atoms with Crippen LogP contribution in [0.15, 0.2) is 42.5 Å². The number of anilines is 1. The van der Waals surface area contributed by atoms with Gasteiger partial charge in [-0.15, -0.1) is 0 Å². The molecule has 5 nitrogen and oxygen atoms in total. The maximum atomic E-state index is 12.4. The number of para-hydroxylation sites is 1. The van der Waals surface area contributed by atoms with Gasteiger partial charge in [0.2, 0.25) is 0 Å². The van der Waals surface area contributed by atoms with E-state index in [2.05, 4.69) is 4.90 Å². The Balaban J connectivity index is 1.80. The molecule has 29 heavy (non-hydrogen) atoms. The van der Waals surface area contributed by atoms with Crippen LogP contribution in [-0.2, 0) is 16.1 Å². The van der Waals surface area contributed by atoms with E-state index in [0.29, 0.717) is 19.5 Å². The summed E-state index contributed by atoms with van der Waals surface area (Å²) in [6, 6.07) is 12.5. The quantitative estimate of drug-likeness (QED) is 0.666. The van der Waals surface area contributed by atoms with E-state index < -0.39 is 12.8 Å². The molecular weight excluding hydrogens is 387 g/mol. The van der Waals surface area contributed by atoms with Crippen LogP contribution >= 0.6 is 0 Å². The lowest BCUT2D eigenvalue weighted by molar-refractivity contribution is -0.153. The summed E-state index contributed by atoms with van der Waals surface area (Å²) in [6.07, 6.45) is -3.80. The number of rotatable bonds is 6. The highest BCUT2D eigenvalue weighted by atomic mass is 19.4. The van der Waals surface area contributed by atoms with Crippen LogP contribution in [0.5, 0.6) is 11.5 Å². The van der Waals surface area contributed by atoms with E-state index in [9.17, 15) is 18.0 Å². The van der Waals surface area contributed by atoms with Crippen molar-refractivity contribution in [2.75, 3.05) is 32.3 Å². The molecule has 1 atom stereocenters. The molecule has 0 saturated carbocycles. The average molecular weight is 409 g/mol. The first kappa shape index (κ1) is 20.8. The van der Waals surface area contributed by atoms with E-state index in [1.54, 1.807) is 12.1 Å². The number of alkyl halides is 3. The highest BCUT2D eigenvalue weighted by Gasteiger charge is 2.31. The maximum absolute atomic E-state index is 12.4. The fourth-order valence-electron chi connectivity index (χ4n) is 3.49. The van der Waals surface area contributed by atoms with Gasteiger partial charge in [-0.3, -0.25) is 4.79 Å². The lowest BCUT2D eigenvalue weighted by atomic mass is 9.89. The first-order valence-corrected chi connectivity index (χ1v) is 9.10. The van der Waals surface area contributed by atoms with E-state index >= 15 is 0 Å². The van der Waals surface area contributed by atoms with Crippen molar-refractivity contribution in [1.82, 2.24) is 0 Å². The minimum atomic E-state index is -4.42. The van der Waals surface area contributed by atoms with E-state index in [0.717, 1.165) is 16.8 Å². The molecule has 1 aliphatic heterocycles. The van der Waals surface area contributed by atoms with Crippen LogP contribution in [0.3, 0.4) is 0 Å². The number of benzene rings is 2. The molecule has 8 heteroatoms. The average Bonchev–Trinajstić information content (AvgIpc) is 2.71.